The molecule has 0 radical (unpaired) electrons. The van der Waals surface area contributed by atoms with Crippen LogP contribution in [0.3, 0.4) is 0 Å². The molecule has 1 unspecified atom stereocenters. The SMILES string of the molecule is CCOc1ccc(NC(=O)C(C)Sc2cccc(NC(=O)c3ccc4ccccc4c3)c2)cc1. The van der Waals surface area contributed by atoms with Gasteiger partial charge in [0.1, 0.15) is 5.75 Å². The second-order valence-corrected chi connectivity index (χ2v) is 9.16. The number of benzene rings is 4. The molecule has 5 nitrogen and oxygen atoms in total. The highest BCUT2D eigenvalue weighted by molar-refractivity contribution is 8.00. The van der Waals surface area contributed by atoms with E-state index >= 15 is 0 Å². The van der Waals surface area contributed by atoms with E-state index in [1.54, 1.807) is 0 Å². The quantitative estimate of drug-likeness (QED) is 0.284. The number of ether oxygens (including phenoxy) is 1. The Morgan fingerprint density at radius 2 is 1.59 bits per heavy atom. The fourth-order valence-corrected chi connectivity index (χ4v) is 4.41. The smallest absolute Gasteiger partial charge is 0.255 e. The first-order valence-corrected chi connectivity index (χ1v) is 12.0. The summed E-state index contributed by atoms with van der Waals surface area (Å²) in [7, 11) is 0. The lowest BCUT2D eigenvalue weighted by Gasteiger charge is -2.13. The van der Waals surface area contributed by atoms with E-state index in [4.69, 9.17) is 4.74 Å². The van der Waals surface area contributed by atoms with Crippen molar-refractivity contribution in [2.24, 2.45) is 0 Å². The first kappa shape index (κ1) is 23.4. The predicted octanol–water partition coefficient (Wildman–Crippen LogP) is 6.61. The number of amides is 2. The molecular formula is C28H26N2O3S. The first-order chi connectivity index (χ1) is 16.5. The van der Waals surface area contributed by atoms with Crippen LogP contribution in [-0.4, -0.2) is 23.7 Å². The van der Waals surface area contributed by atoms with Gasteiger partial charge in [0.15, 0.2) is 0 Å². The second kappa shape index (κ2) is 10.9. The number of hydrogen-bond acceptors (Lipinski definition) is 4. The molecule has 34 heavy (non-hydrogen) atoms. The Bertz CT molecular complexity index is 1300. The van der Waals surface area contributed by atoms with Gasteiger partial charge < -0.3 is 15.4 Å². The molecule has 172 valence electrons. The molecule has 0 aliphatic carbocycles. The zero-order valence-corrected chi connectivity index (χ0v) is 19.9. The molecule has 0 bridgehead atoms. The van der Waals surface area contributed by atoms with Crippen molar-refractivity contribution in [3.05, 3.63) is 96.6 Å². The third-order valence-electron chi connectivity index (χ3n) is 5.22. The largest absolute Gasteiger partial charge is 0.494 e. The average molecular weight is 471 g/mol. The maximum absolute atomic E-state index is 12.8. The minimum atomic E-state index is -0.321. The van der Waals surface area contributed by atoms with E-state index < -0.39 is 0 Å². The van der Waals surface area contributed by atoms with Gasteiger partial charge in [-0.1, -0.05) is 36.4 Å². The monoisotopic (exact) mass is 470 g/mol. The third-order valence-corrected chi connectivity index (χ3v) is 6.31. The Balaban J connectivity index is 1.37. The Labute approximate surface area is 203 Å². The normalized spacial score (nSPS) is 11.6. The van der Waals surface area contributed by atoms with Gasteiger partial charge in [-0.3, -0.25) is 9.59 Å². The molecule has 2 N–H and O–H groups in total. The summed E-state index contributed by atoms with van der Waals surface area (Å²) < 4.78 is 5.43. The van der Waals surface area contributed by atoms with Gasteiger partial charge in [0.25, 0.3) is 5.91 Å². The Hall–Kier alpha value is -3.77. The number of carbonyl (C=O) groups is 2. The highest BCUT2D eigenvalue weighted by Gasteiger charge is 2.15. The summed E-state index contributed by atoms with van der Waals surface area (Å²) in [6.07, 6.45) is 0. The van der Waals surface area contributed by atoms with Crippen LogP contribution in [0.1, 0.15) is 24.2 Å². The lowest BCUT2D eigenvalue weighted by Crippen LogP contribution is -2.22. The van der Waals surface area contributed by atoms with Crippen molar-refractivity contribution >= 4 is 45.7 Å². The summed E-state index contributed by atoms with van der Waals surface area (Å²) in [5.74, 6) is 0.499. The number of rotatable bonds is 8. The van der Waals surface area contributed by atoms with Crippen LogP contribution in [0.5, 0.6) is 5.75 Å². The molecule has 0 fully saturated rings. The van der Waals surface area contributed by atoms with Crippen molar-refractivity contribution in [3.8, 4) is 5.75 Å². The minimum Gasteiger partial charge on any atom is -0.494 e. The zero-order chi connectivity index (χ0) is 23.9. The third kappa shape index (κ3) is 5.97. The van der Waals surface area contributed by atoms with E-state index in [-0.39, 0.29) is 17.1 Å². The van der Waals surface area contributed by atoms with Crippen LogP contribution < -0.4 is 15.4 Å². The number of hydrogen-bond donors (Lipinski definition) is 2. The van der Waals surface area contributed by atoms with E-state index in [0.29, 0.717) is 17.9 Å². The van der Waals surface area contributed by atoms with Gasteiger partial charge in [-0.05, 0) is 79.2 Å². The summed E-state index contributed by atoms with van der Waals surface area (Å²) in [4.78, 5) is 26.3. The second-order valence-electron chi connectivity index (χ2n) is 7.75. The highest BCUT2D eigenvalue weighted by atomic mass is 32.2. The summed E-state index contributed by atoms with van der Waals surface area (Å²) in [6.45, 7) is 4.38. The molecule has 0 saturated carbocycles. The van der Waals surface area contributed by atoms with Crippen molar-refractivity contribution in [2.75, 3.05) is 17.2 Å². The lowest BCUT2D eigenvalue weighted by atomic mass is 10.1. The number of carbonyl (C=O) groups excluding carboxylic acids is 2. The molecule has 2 amide bonds. The van der Waals surface area contributed by atoms with Crippen molar-refractivity contribution in [1.82, 2.24) is 0 Å². The van der Waals surface area contributed by atoms with E-state index in [2.05, 4.69) is 10.6 Å². The molecule has 0 aromatic heterocycles. The molecule has 0 aliphatic rings. The number of anilines is 2. The van der Waals surface area contributed by atoms with Gasteiger partial charge in [-0.2, -0.15) is 0 Å². The standard InChI is InChI=1S/C28H26N2O3S/c1-3-33-25-15-13-23(14-16-25)29-27(31)19(2)34-26-10-6-9-24(18-26)30-28(32)22-12-11-20-7-4-5-8-21(20)17-22/h4-19H,3H2,1-2H3,(H,29,31)(H,30,32). The fourth-order valence-electron chi connectivity index (χ4n) is 3.48. The molecular weight excluding hydrogens is 444 g/mol. The fraction of sp³-hybridized carbons (Fsp3) is 0.143. The molecule has 1 atom stereocenters. The Kier molecular flexibility index (Phi) is 7.50. The summed E-state index contributed by atoms with van der Waals surface area (Å²) in [6, 6.07) is 28.4. The first-order valence-electron chi connectivity index (χ1n) is 11.1. The van der Waals surface area contributed by atoms with Crippen molar-refractivity contribution < 1.29 is 14.3 Å². The molecule has 0 saturated heterocycles. The van der Waals surface area contributed by atoms with Gasteiger partial charge in [-0.25, -0.2) is 0 Å². The van der Waals surface area contributed by atoms with Gasteiger partial charge in [-0.15, -0.1) is 11.8 Å². The van der Waals surface area contributed by atoms with E-state index in [0.717, 1.165) is 27.1 Å². The summed E-state index contributed by atoms with van der Waals surface area (Å²) in [5.41, 5.74) is 2.00. The molecule has 4 aromatic carbocycles. The number of nitrogens with one attached hydrogen (secondary N) is 2. The molecule has 6 heteroatoms. The van der Waals surface area contributed by atoms with E-state index in [1.165, 1.54) is 11.8 Å². The molecule has 0 spiro atoms. The minimum absolute atomic E-state index is 0.0974. The van der Waals surface area contributed by atoms with Crippen LogP contribution in [-0.2, 0) is 4.79 Å². The van der Waals surface area contributed by atoms with Crippen LogP contribution in [0, 0.1) is 0 Å². The van der Waals surface area contributed by atoms with Gasteiger partial charge in [0.05, 0.1) is 11.9 Å². The van der Waals surface area contributed by atoms with Crippen molar-refractivity contribution in [2.45, 2.75) is 24.0 Å². The van der Waals surface area contributed by atoms with Crippen LogP contribution >= 0.6 is 11.8 Å². The maximum atomic E-state index is 12.8. The van der Waals surface area contributed by atoms with Crippen molar-refractivity contribution in [1.29, 1.82) is 0 Å². The van der Waals surface area contributed by atoms with Crippen LogP contribution in [0.4, 0.5) is 11.4 Å². The highest BCUT2D eigenvalue weighted by Crippen LogP contribution is 2.27. The van der Waals surface area contributed by atoms with E-state index in [1.807, 2.05) is 105 Å². The number of fused-ring (bicyclic) bond motifs is 1. The van der Waals surface area contributed by atoms with Gasteiger partial charge in [0.2, 0.25) is 5.91 Å². The molecule has 0 aliphatic heterocycles. The molecule has 0 heterocycles. The lowest BCUT2D eigenvalue weighted by molar-refractivity contribution is -0.115. The zero-order valence-electron chi connectivity index (χ0n) is 19.1. The predicted molar refractivity (Wildman–Crippen MR) is 140 cm³/mol. The molecule has 4 rings (SSSR count). The maximum Gasteiger partial charge on any atom is 0.255 e. The van der Waals surface area contributed by atoms with E-state index in [9.17, 15) is 9.59 Å². The van der Waals surface area contributed by atoms with Gasteiger partial charge >= 0.3 is 0 Å². The summed E-state index contributed by atoms with van der Waals surface area (Å²) in [5, 5.41) is 7.68. The van der Waals surface area contributed by atoms with Gasteiger partial charge in [0, 0.05) is 21.8 Å². The van der Waals surface area contributed by atoms with Crippen LogP contribution in [0.25, 0.3) is 10.8 Å². The molecule has 4 aromatic rings. The van der Waals surface area contributed by atoms with Crippen molar-refractivity contribution in [3.63, 3.8) is 0 Å². The Morgan fingerprint density at radius 3 is 2.35 bits per heavy atom. The van der Waals surface area contributed by atoms with Crippen LogP contribution in [0.15, 0.2) is 95.9 Å². The average Bonchev–Trinajstić information content (AvgIpc) is 2.85. The topological polar surface area (TPSA) is 67.4 Å². The Morgan fingerprint density at radius 1 is 0.824 bits per heavy atom. The summed E-state index contributed by atoms with van der Waals surface area (Å²) >= 11 is 1.43. The number of thioether (sulfide) groups is 1. The van der Waals surface area contributed by atoms with Crippen LogP contribution in [0.2, 0.25) is 0 Å².